The summed E-state index contributed by atoms with van der Waals surface area (Å²) in [5.74, 6) is -2.00. The van der Waals surface area contributed by atoms with Crippen molar-refractivity contribution < 1.29 is 24.1 Å². The van der Waals surface area contributed by atoms with Crippen molar-refractivity contribution in [3.05, 3.63) is 23.5 Å². The molecule has 1 saturated carbocycles. The van der Waals surface area contributed by atoms with Crippen LogP contribution >= 0.6 is 0 Å². The predicted octanol–water partition coefficient (Wildman–Crippen LogP) is 1.66. The van der Waals surface area contributed by atoms with Crippen molar-refractivity contribution in [1.82, 2.24) is 0 Å². The minimum Gasteiger partial charge on any atom is -0.508 e. The lowest BCUT2D eigenvalue weighted by Gasteiger charge is -2.15. The largest absolute Gasteiger partial charge is 0.508 e. The summed E-state index contributed by atoms with van der Waals surface area (Å²) in [6.45, 7) is 0. The first-order valence-corrected chi connectivity index (χ1v) is 4.81. The van der Waals surface area contributed by atoms with E-state index in [4.69, 9.17) is 9.84 Å². The van der Waals surface area contributed by atoms with Crippen molar-refractivity contribution in [3.8, 4) is 11.5 Å². The fourth-order valence-electron chi connectivity index (χ4n) is 1.89. The molecule has 0 saturated heterocycles. The summed E-state index contributed by atoms with van der Waals surface area (Å²) in [4.78, 5) is 11.1. The van der Waals surface area contributed by atoms with Gasteiger partial charge in [0, 0.05) is 17.7 Å². The van der Waals surface area contributed by atoms with Gasteiger partial charge in [0.2, 0.25) is 0 Å². The third-order valence-electron chi connectivity index (χ3n) is 2.90. The van der Waals surface area contributed by atoms with Crippen LogP contribution in [0.2, 0.25) is 0 Å². The number of phenolic OH excluding ortho intramolecular Hbond substituents is 1. The van der Waals surface area contributed by atoms with Crippen molar-refractivity contribution in [2.24, 2.45) is 0 Å². The molecule has 0 amide bonds. The van der Waals surface area contributed by atoms with Crippen LogP contribution in [0.15, 0.2) is 12.1 Å². The molecule has 0 unspecified atom stereocenters. The van der Waals surface area contributed by atoms with E-state index in [1.165, 1.54) is 13.2 Å². The van der Waals surface area contributed by atoms with Gasteiger partial charge in [-0.1, -0.05) is 0 Å². The van der Waals surface area contributed by atoms with Gasteiger partial charge >= 0.3 is 5.97 Å². The minimum atomic E-state index is -1.18. The van der Waals surface area contributed by atoms with Gasteiger partial charge in [0.05, 0.1) is 12.5 Å². The number of methoxy groups -OCH3 is 1. The van der Waals surface area contributed by atoms with E-state index in [0.29, 0.717) is 12.8 Å². The SMILES string of the molecule is COc1cc(O)cc(F)c1C1(C(=O)O)CC1. The molecule has 5 heteroatoms. The summed E-state index contributed by atoms with van der Waals surface area (Å²) in [5, 5.41) is 18.3. The Kier molecular flexibility index (Phi) is 2.26. The number of carboxylic acid groups (broad SMARTS) is 1. The first-order valence-electron chi connectivity index (χ1n) is 4.81. The van der Waals surface area contributed by atoms with Crippen LogP contribution in [-0.2, 0) is 10.2 Å². The summed E-state index contributed by atoms with van der Waals surface area (Å²) in [6.07, 6.45) is 0.779. The van der Waals surface area contributed by atoms with Crippen LogP contribution in [0.25, 0.3) is 0 Å². The Morgan fingerprint density at radius 1 is 1.50 bits per heavy atom. The summed E-state index contributed by atoms with van der Waals surface area (Å²) < 4.78 is 18.6. The Balaban J connectivity index is 2.60. The molecule has 0 atom stereocenters. The summed E-state index contributed by atoms with van der Waals surface area (Å²) in [5.41, 5.74) is -1.15. The zero-order valence-electron chi connectivity index (χ0n) is 8.66. The number of rotatable bonds is 3. The second-order valence-electron chi connectivity index (χ2n) is 3.89. The van der Waals surface area contributed by atoms with E-state index in [1.807, 2.05) is 0 Å². The van der Waals surface area contributed by atoms with Crippen LogP contribution in [0.4, 0.5) is 4.39 Å². The average Bonchev–Trinajstić information content (AvgIpc) is 2.97. The summed E-state index contributed by atoms with van der Waals surface area (Å²) in [6, 6.07) is 2.13. The van der Waals surface area contributed by atoms with E-state index < -0.39 is 17.2 Å². The van der Waals surface area contributed by atoms with Gasteiger partial charge in [-0.3, -0.25) is 4.79 Å². The smallest absolute Gasteiger partial charge is 0.314 e. The average molecular weight is 226 g/mol. The Bertz CT molecular complexity index is 452. The van der Waals surface area contributed by atoms with Crippen LogP contribution in [-0.4, -0.2) is 23.3 Å². The first kappa shape index (κ1) is 10.7. The highest BCUT2D eigenvalue weighted by atomic mass is 19.1. The van der Waals surface area contributed by atoms with Crippen molar-refractivity contribution in [2.75, 3.05) is 7.11 Å². The highest BCUT2D eigenvalue weighted by molar-refractivity contribution is 5.86. The molecule has 0 bridgehead atoms. The summed E-state index contributed by atoms with van der Waals surface area (Å²) >= 11 is 0. The Hall–Kier alpha value is -1.78. The van der Waals surface area contributed by atoms with Gasteiger partial charge < -0.3 is 14.9 Å². The Morgan fingerprint density at radius 3 is 2.56 bits per heavy atom. The van der Waals surface area contributed by atoms with Crippen LogP contribution < -0.4 is 4.74 Å². The number of halogens is 1. The molecule has 2 rings (SSSR count). The van der Waals surface area contributed by atoms with Gasteiger partial charge in [0.15, 0.2) is 0 Å². The molecular weight excluding hydrogens is 215 g/mol. The number of carbonyl (C=O) groups is 1. The second kappa shape index (κ2) is 3.37. The van der Waals surface area contributed by atoms with Gasteiger partial charge in [0.1, 0.15) is 17.3 Å². The lowest BCUT2D eigenvalue weighted by atomic mass is 9.94. The number of aliphatic carboxylic acids is 1. The number of carboxylic acids is 1. The molecule has 0 aromatic heterocycles. The number of ether oxygens (including phenoxy) is 1. The molecule has 1 aliphatic carbocycles. The monoisotopic (exact) mass is 226 g/mol. The van der Waals surface area contributed by atoms with Gasteiger partial charge in [-0.15, -0.1) is 0 Å². The first-order chi connectivity index (χ1) is 7.51. The fourth-order valence-corrected chi connectivity index (χ4v) is 1.89. The molecule has 2 N–H and O–H groups in total. The molecule has 0 aliphatic heterocycles. The van der Waals surface area contributed by atoms with Crippen molar-refractivity contribution in [3.63, 3.8) is 0 Å². The molecule has 16 heavy (non-hydrogen) atoms. The van der Waals surface area contributed by atoms with E-state index in [2.05, 4.69) is 0 Å². The number of hydrogen-bond donors (Lipinski definition) is 2. The molecule has 1 aromatic carbocycles. The maximum Gasteiger partial charge on any atom is 0.314 e. The van der Waals surface area contributed by atoms with Crippen LogP contribution in [0.1, 0.15) is 18.4 Å². The molecule has 0 radical (unpaired) electrons. The van der Waals surface area contributed by atoms with E-state index in [9.17, 15) is 14.3 Å². The molecule has 0 heterocycles. The number of hydrogen-bond acceptors (Lipinski definition) is 3. The Labute approximate surface area is 91.3 Å². The van der Waals surface area contributed by atoms with Crippen molar-refractivity contribution >= 4 is 5.97 Å². The van der Waals surface area contributed by atoms with Gasteiger partial charge in [0.25, 0.3) is 0 Å². The molecule has 1 aromatic rings. The van der Waals surface area contributed by atoms with E-state index in [1.54, 1.807) is 0 Å². The van der Waals surface area contributed by atoms with E-state index in [0.717, 1.165) is 6.07 Å². The van der Waals surface area contributed by atoms with Gasteiger partial charge in [-0.25, -0.2) is 4.39 Å². The zero-order chi connectivity index (χ0) is 11.9. The quantitative estimate of drug-likeness (QED) is 0.822. The number of benzene rings is 1. The number of aromatic hydroxyl groups is 1. The minimum absolute atomic E-state index is 0.0281. The summed E-state index contributed by atoms with van der Waals surface area (Å²) in [7, 11) is 1.32. The fraction of sp³-hybridized carbons (Fsp3) is 0.364. The van der Waals surface area contributed by atoms with Crippen LogP contribution in [0.3, 0.4) is 0 Å². The predicted molar refractivity (Wildman–Crippen MR) is 53.2 cm³/mol. The van der Waals surface area contributed by atoms with Crippen molar-refractivity contribution in [1.29, 1.82) is 0 Å². The molecule has 4 nitrogen and oxygen atoms in total. The molecule has 0 spiro atoms. The zero-order valence-corrected chi connectivity index (χ0v) is 8.66. The Morgan fingerprint density at radius 2 is 2.12 bits per heavy atom. The van der Waals surface area contributed by atoms with Crippen molar-refractivity contribution in [2.45, 2.75) is 18.3 Å². The molecule has 1 aliphatic rings. The molecule has 1 fully saturated rings. The maximum atomic E-state index is 13.7. The lowest BCUT2D eigenvalue weighted by molar-refractivity contribution is -0.140. The molecular formula is C11H11FO4. The number of phenols is 1. The third kappa shape index (κ3) is 1.39. The van der Waals surface area contributed by atoms with Crippen LogP contribution in [0.5, 0.6) is 11.5 Å². The van der Waals surface area contributed by atoms with Crippen LogP contribution in [0, 0.1) is 5.82 Å². The van der Waals surface area contributed by atoms with Gasteiger partial charge in [-0.2, -0.15) is 0 Å². The normalized spacial score (nSPS) is 16.9. The highest BCUT2D eigenvalue weighted by Gasteiger charge is 2.55. The highest BCUT2D eigenvalue weighted by Crippen LogP contribution is 2.53. The lowest BCUT2D eigenvalue weighted by Crippen LogP contribution is -2.21. The van der Waals surface area contributed by atoms with E-state index >= 15 is 0 Å². The topological polar surface area (TPSA) is 66.8 Å². The van der Waals surface area contributed by atoms with Gasteiger partial charge in [-0.05, 0) is 12.8 Å². The van der Waals surface area contributed by atoms with E-state index in [-0.39, 0.29) is 17.1 Å². The third-order valence-corrected chi connectivity index (χ3v) is 2.90. The maximum absolute atomic E-state index is 13.7. The standard InChI is InChI=1S/C11H11FO4/c1-16-8-5-6(13)4-7(12)9(8)11(2-3-11)10(14)15/h4-5,13H,2-3H2,1H3,(H,14,15). The molecule has 86 valence electrons. The second-order valence-corrected chi connectivity index (χ2v) is 3.89.